The van der Waals surface area contributed by atoms with E-state index in [1.165, 1.54) is 13.3 Å². The Morgan fingerprint density at radius 1 is 0.966 bits per heavy atom. The molecule has 9 nitrogen and oxygen atoms in total. The maximum Gasteiger partial charge on any atom is 0.257 e. The van der Waals surface area contributed by atoms with E-state index in [1.807, 2.05) is 6.07 Å². The van der Waals surface area contributed by atoms with Gasteiger partial charge in [-0.15, -0.1) is 0 Å². The van der Waals surface area contributed by atoms with Crippen molar-refractivity contribution in [1.29, 1.82) is 0 Å². The SMILES string of the molecule is COc1cc(C(=O)Nc2ccnn2Cc2ccc(OC)c(OC)c2OC)ccn1. The van der Waals surface area contributed by atoms with Gasteiger partial charge in [0.2, 0.25) is 11.6 Å². The number of hydrogen-bond acceptors (Lipinski definition) is 7. The van der Waals surface area contributed by atoms with Crippen molar-refractivity contribution in [3.05, 3.63) is 53.9 Å². The van der Waals surface area contributed by atoms with Crippen molar-refractivity contribution < 1.29 is 23.7 Å². The van der Waals surface area contributed by atoms with Crippen molar-refractivity contribution in [2.24, 2.45) is 0 Å². The van der Waals surface area contributed by atoms with E-state index in [1.54, 1.807) is 56.5 Å². The summed E-state index contributed by atoms with van der Waals surface area (Å²) in [4.78, 5) is 16.6. The third kappa shape index (κ3) is 4.23. The van der Waals surface area contributed by atoms with Crippen LogP contribution in [0.5, 0.6) is 23.1 Å². The van der Waals surface area contributed by atoms with E-state index in [0.29, 0.717) is 41.1 Å². The summed E-state index contributed by atoms with van der Waals surface area (Å²) in [5.74, 6) is 2.19. The average Bonchev–Trinajstić information content (AvgIpc) is 3.19. The van der Waals surface area contributed by atoms with Gasteiger partial charge in [0, 0.05) is 29.5 Å². The summed E-state index contributed by atoms with van der Waals surface area (Å²) in [6.07, 6.45) is 3.12. The molecule has 0 saturated heterocycles. The van der Waals surface area contributed by atoms with Gasteiger partial charge < -0.3 is 24.3 Å². The Morgan fingerprint density at radius 2 is 1.76 bits per heavy atom. The number of carbonyl (C=O) groups excluding carboxylic acids is 1. The molecular weight excluding hydrogens is 376 g/mol. The molecule has 1 aromatic carbocycles. The zero-order chi connectivity index (χ0) is 20.8. The number of benzene rings is 1. The van der Waals surface area contributed by atoms with E-state index in [2.05, 4.69) is 15.4 Å². The standard InChI is InChI=1S/C20H22N4O5/c1-26-15-6-5-14(18(28-3)19(15)29-4)12-24-16(8-10-22-24)23-20(25)13-7-9-21-17(11-13)27-2/h5-11H,12H2,1-4H3,(H,23,25). The highest BCUT2D eigenvalue weighted by atomic mass is 16.5. The number of carbonyl (C=O) groups is 1. The Morgan fingerprint density at radius 3 is 2.45 bits per heavy atom. The zero-order valence-electron chi connectivity index (χ0n) is 16.6. The molecule has 0 spiro atoms. The second-order valence-electron chi connectivity index (χ2n) is 5.91. The molecule has 0 aliphatic heterocycles. The van der Waals surface area contributed by atoms with Crippen molar-refractivity contribution in [1.82, 2.24) is 14.8 Å². The Balaban J connectivity index is 1.85. The normalized spacial score (nSPS) is 10.3. The van der Waals surface area contributed by atoms with Crippen LogP contribution in [0.4, 0.5) is 5.82 Å². The summed E-state index contributed by atoms with van der Waals surface area (Å²) in [6, 6.07) is 8.54. The molecule has 0 atom stereocenters. The average molecular weight is 398 g/mol. The van der Waals surface area contributed by atoms with Crippen LogP contribution in [0, 0.1) is 0 Å². The molecule has 0 radical (unpaired) electrons. The van der Waals surface area contributed by atoms with Gasteiger partial charge in [-0.2, -0.15) is 5.10 Å². The second-order valence-corrected chi connectivity index (χ2v) is 5.91. The molecule has 0 saturated carbocycles. The molecule has 2 aromatic heterocycles. The number of amides is 1. The van der Waals surface area contributed by atoms with E-state index < -0.39 is 0 Å². The Bertz CT molecular complexity index is 1000. The Hall–Kier alpha value is -3.75. The Kier molecular flexibility index (Phi) is 6.18. The van der Waals surface area contributed by atoms with Gasteiger partial charge >= 0.3 is 0 Å². The molecule has 0 fully saturated rings. The van der Waals surface area contributed by atoms with Gasteiger partial charge in [0.15, 0.2) is 11.5 Å². The fourth-order valence-corrected chi connectivity index (χ4v) is 2.86. The van der Waals surface area contributed by atoms with Crippen molar-refractivity contribution >= 4 is 11.7 Å². The summed E-state index contributed by atoms with van der Waals surface area (Å²) in [5, 5.41) is 7.15. The van der Waals surface area contributed by atoms with Crippen LogP contribution in [0.3, 0.4) is 0 Å². The smallest absolute Gasteiger partial charge is 0.257 e. The first-order valence-electron chi connectivity index (χ1n) is 8.72. The molecule has 0 unspecified atom stereocenters. The number of aromatic nitrogens is 3. The van der Waals surface area contributed by atoms with Gasteiger partial charge in [-0.3, -0.25) is 4.79 Å². The molecule has 9 heteroatoms. The Labute approximate surface area is 168 Å². The summed E-state index contributed by atoms with van der Waals surface area (Å²) in [7, 11) is 6.16. The van der Waals surface area contributed by atoms with Gasteiger partial charge in [-0.1, -0.05) is 0 Å². The first kappa shape index (κ1) is 20.0. The lowest BCUT2D eigenvalue weighted by Gasteiger charge is -2.16. The number of nitrogens with one attached hydrogen (secondary N) is 1. The van der Waals surface area contributed by atoms with Crippen LogP contribution in [0.15, 0.2) is 42.7 Å². The van der Waals surface area contributed by atoms with Crippen LogP contribution in [-0.2, 0) is 6.54 Å². The number of hydrogen-bond donors (Lipinski definition) is 1. The van der Waals surface area contributed by atoms with Crippen LogP contribution in [-0.4, -0.2) is 49.1 Å². The molecule has 152 valence electrons. The molecule has 1 amide bonds. The van der Waals surface area contributed by atoms with E-state index in [4.69, 9.17) is 18.9 Å². The minimum Gasteiger partial charge on any atom is -0.493 e. The second kappa shape index (κ2) is 8.96. The number of methoxy groups -OCH3 is 4. The van der Waals surface area contributed by atoms with Crippen molar-refractivity contribution in [3.8, 4) is 23.1 Å². The van der Waals surface area contributed by atoms with E-state index in [-0.39, 0.29) is 5.91 Å². The maximum atomic E-state index is 12.6. The van der Waals surface area contributed by atoms with Crippen LogP contribution in [0.2, 0.25) is 0 Å². The quantitative estimate of drug-likeness (QED) is 0.623. The van der Waals surface area contributed by atoms with Crippen molar-refractivity contribution in [2.45, 2.75) is 6.54 Å². The molecule has 0 bridgehead atoms. The lowest BCUT2D eigenvalue weighted by molar-refractivity contribution is 0.102. The van der Waals surface area contributed by atoms with Crippen molar-refractivity contribution in [2.75, 3.05) is 33.8 Å². The summed E-state index contributed by atoms with van der Waals surface area (Å²) in [6.45, 7) is 0.353. The zero-order valence-corrected chi connectivity index (χ0v) is 16.6. The summed E-state index contributed by atoms with van der Waals surface area (Å²) >= 11 is 0. The molecule has 3 aromatic rings. The number of rotatable bonds is 8. The molecule has 1 N–H and O–H groups in total. The molecular formula is C20H22N4O5. The molecule has 3 rings (SSSR count). The number of ether oxygens (including phenoxy) is 4. The molecule has 29 heavy (non-hydrogen) atoms. The fraction of sp³-hybridized carbons (Fsp3) is 0.250. The first-order chi connectivity index (χ1) is 14.1. The largest absolute Gasteiger partial charge is 0.493 e. The van der Waals surface area contributed by atoms with Gasteiger partial charge in [0.05, 0.1) is 41.2 Å². The lowest BCUT2D eigenvalue weighted by atomic mass is 10.1. The highest BCUT2D eigenvalue weighted by Crippen LogP contribution is 2.40. The van der Waals surface area contributed by atoms with E-state index >= 15 is 0 Å². The predicted octanol–water partition coefficient (Wildman–Crippen LogP) is 2.61. The fourth-order valence-electron chi connectivity index (χ4n) is 2.86. The van der Waals surface area contributed by atoms with Gasteiger partial charge in [-0.25, -0.2) is 9.67 Å². The number of pyridine rings is 1. The topological polar surface area (TPSA) is 96.7 Å². The van der Waals surface area contributed by atoms with Gasteiger partial charge in [0.1, 0.15) is 5.82 Å². The molecule has 0 aliphatic carbocycles. The van der Waals surface area contributed by atoms with Crippen LogP contribution < -0.4 is 24.3 Å². The molecule has 0 aliphatic rings. The van der Waals surface area contributed by atoms with Crippen LogP contribution >= 0.6 is 0 Å². The minimum absolute atomic E-state index is 0.299. The van der Waals surface area contributed by atoms with E-state index in [9.17, 15) is 4.79 Å². The first-order valence-corrected chi connectivity index (χ1v) is 8.72. The monoisotopic (exact) mass is 398 g/mol. The van der Waals surface area contributed by atoms with E-state index in [0.717, 1.165) is 5.56 Å². The van der Waals surface area contributed by atoms with Crippen LogP contribution in [0.25, 0.3) is 0 Å². The third-order valence-corrected chi connectivity index (χ3v) is 4.27. The lowest BCUT2D eigenvalue weighted by Crippen LogP contribution is -2.16. The van der Waals surface area contributed by atoms with Crippen molar-refractivity contribution in [3.63, 3.8) is 0 Å². The highest BCUT2D eigenvalue weighted by Gasteiger charge is 2.18. The van der Waals surface area contributed by atoms with Crippen LogP contribution in [0.1, 0.15) is 15.9 Å². The third-order valence-electron chi connectivity index (χ3n) is 4.27. The highest BCUT2D eigenvalue weighted by molar-refractivity contribution is 6.03. The van der Waals surface area contributed by atoms with Gasteiger partial charge in [-0.05, 0) is 18.2 Å². The summed E-state index contributed by atoms with van der Waals surface area (Å²) < 4.78 is 23.0. The maximum absolute atomic E-state index is 12.6. The molecule has 2 heterocycles. The predicted molar refractivity (Wildman–Crippen MR) is 106 cm³/mol. The number of anilines is 1. The minimum atomic E-state index is -0.299. The number of nitrogens with zero attached hydrogens (tertiary/aromatic N) is 3. The summed E-state index contributed by atoms with van der Waals surface area (Å²) in [5.41, 5.74) is 1.24. The van der Waals surface area contributed by atoms with Gasteiger partial charge in [0.25, 0.3) is 5.91 Å².